The van der Waals surface area contributed by atoms with Gasteiger partial charge in [0.05, 0.1) is 16.6 Å². The smallest absolute Gasteiger partial charge is 0.0773 e. The number of hydrogen-bond acceptors (Lipinski definition) is 5. The van der Waals surface area contributed by atoms with Crippen LogP contribution in [0.2, 0.25) is 0 Å². The number of nitrogens with zero attached hydrogens (tertiary/aromatic N) is 2. The molecule has 0 amide bonds. The molecule has 1 saturated carbocycles. The lowest BCUT2D eigenvalue weighted by Gasteiger charge is -2.20. The van der Waals surface area contributed by atoms with Crippen LogP contribution in [0.3, 0.4) is 0 Å². The minimum Gasteiger partial charge on any atom is -0.271 e. The fourth-order valence-electron chi connectivity index (χ4n) is 2.24. The molecule has 0 aliphatic heterocycles. The summed E-state index contributed by atoms with van der Waals surface area (Å²) in [4.78, 5) is 1.21. The molecular formula is C9H16N4S. The largest absolute Gasteiger partial charge is 0.271 e. The molecule has 3 N–H and O–H groups in total. The van der Waals surface area contributed by atoms with Gasteiger partial charge in [-0.3, -0.25) is 11.3 Å². The average molecular weight is 212 g/mol. The molecule has 0 saturated heterocycles. The van der Waals surface area contributed by atoms with Crippen molar-refractivity contribution in [3.63, 3.8) is 0 Å². The van der Waals surface area contributed by atoms with Crippen LogP contribution in [0, 0.1) is 12.8 Å². The number of aryl methyl sites for hydroxylation is 1. The zero-order valence-corrected chi connectivity index (χ0v) is 9.18. The van der Waals surface area contributed by atoms with E-state index in [0.29, 0.717) is 5.92 Å². The Morgan fingerprint density at radius 2 is 2.21 bits per heavy atom. The minimum absolute atomic E-state index is 0.262. The lowest BCUT2D eigenvalue weighted by Crippen LogP contribution is -2.32. The molecule has 1 aromatic rings. The molecule has 0 spiro atoms. The summed E-state index contributed by atoms with van der Waals surface area (Å²) in [7, 11) is 0. The molecule has 1 fully saturated rings. The molecule has 4 nitrogen and oxygen atoms in total. The minimum atomic E-state index is 0.262. The van der Waals surface area contributed by atoms with Crippen molar-refractivity contribution in [1.29, 1.82) is 0 Å². The van der Waals surface area contributed by atoms with Gasteiger partial charge in [-0.25, -0.2) is 0 Å². The van der Waals surface area contributed by atoms with Crippen molar-refractivity contribution in [3.05, 3.63) is 10.6 Å². The summed E-state index contributed by atoms with van der Waals surface area (Å²) in [5, 5.41) is 4.03. The molecule has 1 aliphatic rings. The summed E-state index contributed by atoms with van der Waals surface area (Å²) in [5.74, 6) is 6.28. The van der Waals surface area contributed by atoms with Gasteiger partial charge >= 0.3 is 0 Å². The molecule has 14 heavy (non-hydrogen) atoms. The molecule has 1 heterocycles. The maximum Gasteiger partial charge on any atom is 0.0773 e. The molecule has 78 valence electrons. The summed E-state index contributed by atoms with van der Waals surface area (Å²) in [5.41, 5.74) is 3.94. The first-order valence-corrected chi connectivity index (χ1v) is 5.85. The third kappa shape index (κ3) is 1.80. The zero-order chi connectivity index (χ0) is 9.97. The van der Waals surface area contributed by atoms with Gasteiger partial charge in [-0.1, -0.05) is 17.3 Å². The van der Waals surface area contributed by atoms with Gasteiger partial charge < -0.3 is 0 Å². The highest BCUT2D eigenvalue weighted by Crippen LogP contribution is 2.36. The molecule has 0 radical (unpaired) electrons. The Balaban J connectivity index is 2.16. The number of rotatable bonds is 3. The van der Waals surface area contributed by atoms with E-state index in [1.54, 1.807) is 0 Å². The van der Waals surface area contributed by atoms with E-state index in [-0.39, 0.29) is 6.04 Å². The summed E-state index contributed by atoms with van der Waals surface area (Å²) in [6.07, 6.45) is 5.20. The Morgan fingerprint density at radius 3 is 2.71 bits per heavy atom. The zero-order valence-electron chi connectivity index (χ0n) is 8.36. The number of nitrogens with two attached hydrogens (primary N) is 1. The topological polar surface area (TPSA) is 63.8 Å². The second kappa shape index (κ2) is 4.33. The first kappa shape index (κ1) is 10.0. The summed E-state index contributed by atoms with van der Waals surface area (Å²) in [6, 6.07) is 0.262. The molecule has 1 aliphatic carbocycles. The molecule has 1 aromatic heterocycles. The van der Waals surface area contributed by atoms with Crippen LogP contribution >= 0.6 is 11.5 Å². The van der Waals surface area contributed by atoms with Gasteiger partial charge in [-0.2, -0.15) is 0 Å². The Kier molecular flexibility index (Phi) is 3.10. The Morgan fingerprint density at radius 1 is 1.50 bits per heavy atom. The SMILES string of the molecule is Cc1nnsc1C(NN)C1CCCC1. The second-order valence-electron chi connectivity index (χ2n) is 3.91. The highest BCUT2D eigenvalue weighted by molar-refractivity contribution is 7.05. The van der Waals surface area contributed by atoms with Gasteiger partial charge in [0.1, 0.15) is 0 Å². The van der Waals surface area contributed by atoms with Gasteiger partial charge in [-0.15, -0.1) is 5.10 Å². The van der Waals surface area contributed by atoms with Gasteiger partial charge in [-0.05, 0) is 37.2 Å². The third-order valence-electron chi connectivity index (χ3n) is 3.02. The molecule has 0 aromatic carbocycles. The van der Waals surface area contributed by atoms with E-state index in [0.717, 1.165) is 5.69 Å². The van der Waals surface area contributed by atoms with Crippen LogP contribution in [0.25, 0.3) is 0 Å². The van der Waals surface area contributed by atoms with Crippen molar-refractivity contribution in [3.8, 4) is 0 Å². The van der Waals surface area contributed by atoms with Crippen molar-refractivity contribution < 1.29 is 0 Å². The van der Waals surface area contributed by atoms with Crippen LogP contribution in [0.4, 0.5) is 0 Å². The maximum atomic E-state index is 5.61. The maximum absolute atomic E-state index is 5.61. The normalized spacial score (nSPS) is 20.1. The first-order valence-electron chi connectivity index (χ1n) is 5.08. The highest BCUT2D eigenvalue weighted by Gasteiger charge is 2.28. The third-order valence-corrected chi connectivity index (χ3v) is 3.93. The van der Waals surface area contributed by atoms with E-state index in [1.807, 2.05) is 6.92 Å². The van der Waals surface area contributed by atoms with Crippen molar-refractivity contribution >= 4 is 11.5 Å². The molecule has 2 rings (SSSR count). The van der Waals surface area contributed by atoms with Gasteiger partial charge in [0.2, 0.25) is 0 Å². The van der Waals surface area contributed by atoms with E-state index in [2.05, 4.69) is 15.0 Å². The highest BCUT2D eigenvalue weighted by atomic mass is 32.1. The van der Waals surface area contributed by atoms with Crippen molar-refractivity contribution in [2.75, 3.05) is 0 Å². The predicted octanol–water partition coefficient (Wildman–Crippen LogP) is 1.54. The lowest BCUT2D eigenvalue weighted by molar-refractivity contribution is 0.377. The summed E-state index contributed by atoms with van der Waals surface area (Å²) in [6.45, 7) is 2.00. The summed E-state index contributed by atoms with van der Waals surface area (Å²) < 4.78 is 3.96. The first-order chi connectivity index (χ1) is 6.83. The van der Waals surface area contributed by atoms with Gasteiger partial charge in [0, 0.05) is 0 Å². The molecule has 5 heteroatoms. The number of nitrogens with one attached hydrogen (secondary N) is 1. The standard InChI is InChI=1S/C9H16N4S/c1-6-9(14-13-12-6)8(11-10)7-4-2-3-5-7/h7-8,11H,2-5,10H2,1H3. The Labute approximate surface area is 88.0 Å². The fourth-order valence-corrected chi connectivity index (χ4v) is 3.04. The molecule has 1 unspecified atom stereocenters. The quantitative estimate of drug-likeness (QED) is 0.589. The van der Waals surface area contributed by atoms with E-state index >= 15 is 0 Å². The molecular weight excluding hydrogens is 196 g/mol. The van der Waals surface area contributed by atoms with Crippen LogP contribution in [0.1, 0.15) is 42.3 Å². The fraction of sp³-hybridized carbons (Fsp3) is 0.778. The number of hydrazine groups is 1. The van der Waals surface area contributed by atoms with E-state index < -0.39 is 0 Å². The molecule has 0 bridgehead atoms. The number of hydrogen-bond donors (Lipinski definition) is 2. The lowest BCUT2D eigenvalue weighted by atomic mass is 9.97. The van der Waals surface area contributed by atoms with Crippen molar-refractivity contribution in [1.82, 2.24) is 15.0 Å². The number of aromatic nitrogens is 2. The Hall–Kier alpha value is -0.520. The van der Waals surface area contributed by atoms with Crippen LogP contribution < -0.4 is 11.3 Å². The van der Waals surface area contributed by atoms with Crippen molar-refractivity contribution in [2.45, 2.75) is 38.6 Å². The average Bonchev–Trinajstić information content (AvgIpc) is 2.80. The Bertz CT molecular complexity index is 293. The predicted molar refractivity (Wildman–Crippen MR) is 56.7 cm³/mol. The van der Waals surface area contributed by atoms with E-state index in [1.165, 1.54) is 42.1 Å². The van der Waals surface area contributed by atoms with E-state index in [4.69, 9.17) is 5.84 Å². The van der Waals surface area contributed by atoms with Crippen LogP contribution in [-0.4, -0.2) is 9.59 Å². The monoisotopic (exact) mass is 212 g/mol. The van der Waals surface area contributed by atoms with Gasteiger partial charge in [0.25, 0.3) is 0 Å². The van der Waals surface area contributed by atoms with Crippen LogP contribution in [-0.2, 0) is 0 Å². The van der Waals surface area contributed by atoms with E-state index in [9.17, 15) is 0 Å². The molecule has 1 atom stereocenters. The van der Waals surface area contributed by atoms with Gasteiger partial charge in [0.15, 0.2) is 0 Å². The van der Waals surface area contributed by atoms with Crippen LogP contribution in [0.5, 0.6) is 0 Å². The summed E-state index contributed by atoms with van der Waals surface area (Å²) >= 11 is 1.47. The second-order valence-corrected chi connectivity index (χ2v) is 4.70. The van der Waals surface area contributed by atoms with Crippen molar-refractivity contribution in [2.24, 2.45) is 11.8 Å². The van der Waals surface area contributed by atoms with Crippen LogP contribution in [0.15, 0.2) is 0 Å².